The highest BCUT2D eigenvalue weighted by Crippen LogP contribution is 2.19. The summed E-state index contributed by atoms with van der Waals surface area (Å²) in [7, 11) is 1.21. The third kappa shape index (κ3) is 4.19. The van der Waals surface area contributed by atoms with E-state index in [0.717, 1.165) is 11.3 Å². The average molecular weight is 301 g/mol. The highest BCUT2D eigenvalue weighted by molar-refractivity contribution is 7.17. The number of nitrogens with zero attached hydrogens (tertiary/aromatic N) is 1. The number of ether oxygens (including phenoxy) is 1. The third-order valence-corrected chi connectivity index (χ3v) is 3.47. The van der Waals surface area contributed by atoms with Crippen molar-refractivity contribution >= 4 is 34.3 Å². The van der Waals surface area contributed by atoms with Gasteiger partial charge in [-0.25, -0.2) is 9.78 Å². The summed E-state index contributed by atoms with van der Waals surface area (Å²) in [4.78, 5) is 38.1. The van der Waals surface area contributed by atoms with E-state index in [9.17, 15) is 14.4 Å². The van der Waals surface area contributed by atoms with Crippen molar-refractivity contribution < 1.29 is 24.2 Å². The number of anilines is 1. The summed E-state index contributed by atoms with van der Waals surface area (Å²) in [5.41, 5.74) is 5.91. The van der Waals surface area contributed by atoms with Gasteiger partial charge in [-0.3, -0.25) is 9.59 Å². The van der Waals surface area contributed by atoms with E-state index in [1.807, 2.05) is 0 Å². The van der Waals surface area contributed by atoms with Crippen LogP contribution in [0, 0.1) is 6.92 Å². The molecule has 110 valence electrons. The maximum absolute atomic E-state index is 11.9. The van der Waals surface area contributed by atoms with E-state index < -0.39 is 23.9 Å². The van der Waals surface area contributed by atoms with E-state index in [0.29, 0.717) is 5.69 Å². The number of hydrogen-bond acceptors (Lipinski definition) is 7. The highest BCUT2D eigenvalue weighted by atomic mass is 32.1. The average Bonchev–Trinajstić information content (AvgIpc) is 2.72. The molecule has 1 heterocycles. The molecular formula is C11H15N3O5S. The number of carboxylic acids is 1. The molecule has 0 aliphatic heterocycles. The Morgan fingerprint density at radius 2 is 2.15 bits per heavy atom. The van der Waals surface area contributed by atoms with Crippen LogP contribution in [0.15, 0.2) is 0 Å². The zero-order chi connectivity index (χ0) is 15.3. The number of thiazole rings is 1. The molecule has 0 aliphatic rings. The molecule has 0 aromatic carbocycles. The van der Waals surface area contributed by atoms with Crippen LogP contribution in [0.4, 0.5) is 5.13 Å². The Bertz CT molecular complexity index is 528. The molecule has 20 heavy (non-hydrogen) atoms. The second-order valence-corrected chi connectivity index (χ2v) is 4.98. The largest absolute Gasteiger partial charge is 0.480 e. The van der Waals surface area contributed by atoms with Crippen molar-refractivity contribution in [2.75, 3.05) is 12.8 Å². The number of aliphatic carboxylic acids is 1. The number of aromatic nitrogens is 1. The van der Waals surface area contributed by atoms with Crippen molar-refractivity contribution in [3.05, 3.63) is 10.6 Å². The van der Waals surface area contributed by atoms with E-state index in [2.05, 4.69) is 15.0 Å². The van der Waals surface area contributed by atoms with Crippen LogP contribution in [0.3, 0.4) is 0 Å². The second kappa shape index (κ2) is 6.85. The summed E-state index contributed by atoms with van der Waals surface area (Å²) < 4.78 is 4.42. The Kier molecular flexibility index (Phi) is 5.44. The Morgan fingerprint density at radius 1 is 1.50 bits per heavy atom. The standard InChI is InChI=1S/C11H15N3O5S/c1-5-8(20-11(12)13-5)9(16)14-6(10(17)18)3-4-7(15)19-2/h6H,3-4H2,1-2H3,(H2,12,13)(H,14,16)(H,17,18). The van der Waals surface area contributed by atoms with Gasteiger partial charge < -0.3 is 20.9 Å². The molecule has 1 unspecified atom stereocenters. The molecule has 1 rings (SSSR count). The zero-order valence-electron chi connectivity index (χ0n) is 11.0. The summed E-state index contributed by atoms with van der Waals surface area (Å²) in [6.45, 7) is 1.60. The predicted octanol–water partition coefficient (Wildman–Crippen LogP) is 0.170. The van der Waals surface area contributed by atoms with Crippen molar-refractivity contribution in [2.45, 2.75) is 25.8 Å². The molecule has 0 saturated carbocycles. The fourth-order valence-electron chi connectivity index (χ4n) is 1.47. The quantitative estimate of drug-likeness (QED) is 0.638. The van der Waals surface area contributed by atoms with E-state index in [1.54, 1.807) is 6.92 Å². The van der Waals surface area contributed by atoms with Crippen molar-refractivity contribution in [1.82, 2.24) is 10.3 Å². The number of amides is 1. The van der Waals surface area contributed by atoms with Crippen molar-refractivity contribution in [1.29, 1.82) is 0 Å². The monoisotopic (exact) mass is 301 g/mol. The first kappa shape index (κ1) is 15.9. The van der Waals surface area contributed by atoms with Crippen LogP contribution in [0.5, 0.6) is 0 Å². The highest BCUT2D eigenvalue weighted by Gasteiger charge is 2.24. The molecule has 1 amide bonds. The van der Waals surface area contributed by atoms with E-state index >= 15 is 0 Å². The van der Waals surface area contributed by atoms with E-state index in [4.69, 9.17) is 10.8 Å². The SMILES string of the molecule is COC(=O)CCC(NC(=O)c1sc(N)nc1C)C(=O)O. The minimum absolute atomic E-state index is 0.0545. The second-order valence-electron chi connectivity index (χ2n) is 3.95. The molecule has 0 fully saturated rings. The fourth-order valence-corrected chi connectivity index (χ4v) is 2.21. The van der Waals surface area contributed by atoms with Gasteiger partial charge in [0.1, 0.15) is 10.9 Å². The summed E-state index contributed by atoms with van der Waals surface area (Å²) in [5, 5.41) is 11.6. The molecule has 0 spiro atoms. The Balaban J connectivity index is 2.70. The minimum Gasteiger partial charge on any atom is -0.480 e. The van der Waals surface area contributed by atoms with Crippen LogP contribution >= 0.6 is 11.3 Å². The normalized spacial score (nSPS) is 11.7. The number of methoxy groups -OCH3 is 1. The van der Waals surface area contributed by atoms with Gasteiger partial charge in [0.05, 0.1) is 12.8 Å². The summed E-state index contributed by atoms with van der Waals surface area (Å²) in [6, 6.07) is -1.18. The summed E-state index contributed by atoms with van der Waals surface area (Å²) in [6.07, 6.45) is -0.154. The molecular weight excluding hydrogens is 286 g/mol. The number of nitrogens with one attached hydrogen (secondary N) is 1. The van der Waals surface area contributed by atoms with Gasteiger partial charge in [0, 0.05) is 6.42 Å². The van der Waals surface area contributed by atoms with Gasteiger partial charge in [-0.2, -0.15) is 0 Å². The van der Waals surface area contributed by atoms with Crippen LogP contribution in [0.1, 0.15) is 28.2 Å². The van der Waals surface area contributed by atoms with Crippen LogP contribution in [0.25, 0.3) is 0 Å². The lowest BCUT2D eigenvalue weighted by molar-refractivity contribution is -0.142. The Hall–Kier alpha value is -2.16. The maximum Gasteiger partial charge on any atom is 0.326 e. The molecule has 0 radical (unpaired) electrons. The van der Waals surface area contributed by atoms with Crippen LogP contribution in [-0.4, -0.2) is 41.1 Å². The number of carbonyl (C=O) groups excluding carboxylic acids is 2. The third-order valence-electron chi connectivity index (χ3n) is 2.49. The van der Waals surface area contributed by atoms with Gasteiger partial charge >= 0.3 is 11.9 Å². The summed E-state index contributed by atoms with van der Waals surface area (Å²) in [5.74, 6) is -2.34. The molecule has 1 aromatic heterocycles. The minimum atomic E-state index is -1.22. The first-order chi connectivity index (χ1) is 9.35. The van der Waals surface area contributed by atoms with E-state index in [1.165, 1.54) is 7.11 Å². The Labute approximate surface area is 118 Å². The van der Waals surface area contributed by atoms with Gasteiger partial charge in [0.2, 0.25) is 0 Å². The van der Waals surface area contributed by atoms with Gasteiger partial charge in [-0.05, 0) is 13.3 Å². The number of nitrogen functional groups attached to an aromatic ring is 1. The molecule has 9 heteroatoms. The number of nitrogens with two attached hydrogens (primary N) is 1. The smallest absolute Gasteiger partial charge is 0.326 e. The first-order valence-corrected chi connectivity index (χ1v) is 6.50. The molecule has 8 nitrogen and oxygen atoms in total. The fraction of sp³-hybridized carbons (Fsp3) is 0.455. The first-order valence-electron chi connectivity index (χ1n) is 5.68. The van der Waals surface area contributed by atoms with Crippen molar-refractivity contribution in [2.24, 2.45) is 0 Å². The van der Waals surface area contributed by atoms with Gasteiger partial charge in [0.25, 0.3) is 5.91 Å². The molecule has 1 atom stereocenters. The number of aryl methyl sites for hydroxylation is 1. The molecule has 0 bridgehead atoms. The number of carboxylic acid groups (broad SMARTS) is 1. The van der Waals surface area contributed by atoms with Gasteiger partial charge in [0.15, 0.2) is 5.13 Å². The number of esters is 1. The Morgan fingerprint density at radius 3 is 2.60 bits per heavy atom. The predicted molar refractivity (Wildman–Crippen MR) is 71.4 cm³/mol. The molecule has 0 saturated heterocycles. The van der Waals surface area contributed by atoms with Gasteiger partial charge in [-0.15, -0.1) is 0 Å². The molecule has 4 N–H and O–H groups in total. The van der Waals surface area contributed by atoms with Crippen molar-refractivity contribution in [3.63, 3.8) is 0 Å². The number of rotatable bonds is 6. The maximum atomic E-state index is 11.9. The zero-order valence-corrected chi connectivity index (χ0v) is 11.8. The van der Waals surface area contributed by atoms with Crippen LogP contribution in [0.2, 0.25) is 0 Å². The van der Waals surface area contributed by atoms with Crippen LogP contribution in [-0.2, 0) is 14.3 Å². The summed E-state index contributed by atoms with van der Waals surface area (Å²) >= 11 is 0.975. The van der Waals surface area contributed by atoms with Crippen molar-refractivity contribution in [3.8, 4) is 0 Å². The van der Waals surface area contributed by atoms with Crippen LogP contribution < -0.4 is 11.1 Å². The molecule has 1 aromatic rings. The molecule has 0 aliphatic carbocycles. The van der Waals surface area contributed by atoms with Gasteiger partial charge in [-0.1, -0.05) is 11.3 Å². The number of carbonyl (C=O) groups is 3. The lowest BCUT2D eigenvalue weighted by Gasteiger charge is -2.13. The lowest BCUT2D eigenvalue weighted by Crippen LogP contribution is -2.41. The van der Waals surface area contributed by atoms with E-state index in [-0.39, 0.29) is 22.9 Å². The topological polar surface area (TPSA) is 132 Å². The number of hydrogen-bond donors (Lipinski definition) is 3. The lowest BCUT2D eigenvalue weighted by atomic mass is 10.1.